The van der Waals surface area contributed by atoms with Crippen LogP contribution in [0, 0.1) is 0 Å². The molecule has 0 aliphatic carbocycles. The summed E-state index contributed by atoms with van der Waals surface area (Å²) < 4.78 is 33.9. The molecule has 0 bridgehead atoms. The number of unbranched alkanes of at least 4 members (excludes halogenated alkanes) is 3. The molecule has 19 nitrogen and oxygen atoms in total. The highest BCUT2D eigenvalue weighted by molar-refractivity contribution is 5.76. The third kappa shape index (κ3) is 18.6. The molecule has 0 saturated carbocycles. The Bertz CT molecular complexity index is 1500. The normalized spacial score (nSPS) is 34.5. The molecule has 3 fully saturated rings. The summed E-state index contributed by atoms with van der Waals surface area (Å²) in [4.78, 5) is 13.1. The number of carbonyl (C=O) groups is 1. The Morgan fingerprint density at radius 1 is 0.561 bits per heavy atom. The number of aliphatic hydroxyl groups excluding tert-OH is 11. The fraction of sp³-hybridized carbons (Fsp3) is 0.723. The monoisotopic (exact) mass is 944 g/mol. The van der Waals surface area contributed by atoms with Crippen molar-refractivity contribution in [2.24, 2.45) is 0 Å². The minimum Gasteiger partial charge on any atom is -0.394 e. The van der Waals surface area contributed by atoms with Gasteiger partial charge in [0.25, 0.3) is 0 Å². The van der Waals surface area contributed by atoms with Gasteiger partial charge in [-0.1, -0.05) is 99.6 Å². The number of allylic oxidation sites excluding steroid dienone is 11. The Morgan fingerprint density at radius 3 is 1.59 bits per heavy atom. The van der Waals surface area contributed by atoms with E-state index < -0.39 is 131 Å². The Hall–Kier alpha value is -2.77. The molecule has 3 rings (SSSR count). The standard InChI is InChI=1S/C47H77NO18/c1-3-5-7-9-11-13-14-15-16-17-19-21-23-25-35(53)48-30(31(52)24-22-20-18-12-10-8-6-4-2)29-61-45-41(59)38(56)43(33(27-50)63-45)66-47-42(60)39(57)44(34(28-51)64-47)65-46-40(58)37(55)36(54)32(26-49)62-46/h5,7,10-13,15-16,19,21-22,24,30-34,36-47,49-52,54-60H,3-4,6,8-9,14,17-18,20,23,25-29H2,1-2H3,(H,48,53)/b7-5-,12-10+,13-11-,16-15-,21-19-,24-22+. The predicted octanol–water partition coefficient (Wildman–Crippen LogP) is -0.0349. The second-order valence-electron chi connectivity index (χ2n) is 16.5. The highest BCUT2D eigenvalue weighted by Crippen LogP contribution is 2.33. The molecule has 12 N–H and O–H groups in total. The van der Waals surface area contributed by atoms with E-state index in [0.717, 1.165) is 44.9 Å². The number of rotatable bonds is 29. The van der Waals surface area contributed by atoms with E-state index in [1.54, 1.807) is 6.08 Å². The number of hydrogen-bond acceptors (Lipinski definition) is 18. The first kappa shape index (κ1) is 57.5. The number of carbonyl (C=O) groups excluding carboxylic acids is 1. The van der Waals surface area contributed by atoms with Crippen LogP contribution in [-0.4, -0.2) is 193 Å². The van der Waals surface area contributed by atoms with Crippen molar-refractivity contribution in [3.63, 3.8) is 0 Å². The van der Waals surface area contributed by atoms with Gasteiger partial charge in [-0.05, 0) is 51.4 Å². The summed E-state index contributed by atoms with van der Waals surface area (Å²) in [5.41, 5.74) is 0. The van der Waals surface area contributed by atoms with E-state index in [9.17, 15) is 61.0 Å². The number of amides is 1. The van der Waals surface area contributed by atoms with Crippen molar-refractivity contribution < 1.29 is 89.4 Å². The first-order valence-corrected chi connectivity index (χ1v) is 23.2. The van der Waals surface area contributed by atoms with E-state index in [1.165, 1.54) is 6.08 Å². The van der Waals surface area contributed by atoms with Gasteiger partial charge in [-0.3, -0.25) is 4.79 Å². The lowest BCUT2D eigenvalue weighted by Crippen LogP contribution is -2.66. The smallest absolute Gasteiger partial charge is 0.220 e. The summed E-state index contributed by atoms with van der Waals surface area (Å²) >= 11 is 0. The van der Waals surface area contributed by atoms with Crippen LogP contribution in [0.25, 0.3) is 0 Å². The third-order valence-electron chi connectivity index (χ3n) is 11.3. The summed E-state index contributed by atoms with van der Waals surface area (Å²) in [5.74, 6) is -0.376. The Morgan fingerprint density at radius 2 is 1.03 bits per heavy atom. The van der Waals surface area contributed by atoms with E-state index in [0.29, 0.717) is 19.3 Å². The van der Waals surface area contributed by atoms with Crippen molar-refractivity contribution >= 4 is 5.91 Å². The summed E-state index contributed by atoms with van der Waals surface area (Å²) in [6.45, 7) is 1.36. The Labute approximate surface area is 388 Å². The molecule has 0 radical (unpaired) electrons. The van der Waals surface area contributed by atoms with Gasteiger partial charge in [0, 0.05) is 6.42 Å². The summed E-state index contributed by atoms with van der Waals surface area (Å²) in [5, 5.41) is 119. The topological polar surface area (TPSA) is 307 Å². The van der Waals surface area contributed by atoms with E-state index in [1.807, 2.05) is 18.2 Å². The van der Waals surface area contributed by atoms with Crippen molar-refractivity contribution in [2.45, 2.75) is 189 Å². The van der Waals surface area contributed by atoms with Crippen LogP contribution in [0.3, 0.4) is 0 Å². The van der Waals surface area contributed by atoms with Gasteiger partial charge in [0.1, 0.15) is 73.2 Å². The Balaban J connectivity index is 1.61. The number of aliphatic hydroxyl groups is 11. The highest BCUT2D eigenvalue weighted by atomic mass is 16.8. The maximum Gasteiger partial charge on any atom is 0.220 e. The van der Waals surface area contributed by atoms with Crippen LogP contribution < -0.4 is 5.32 Å². The summed E-state index contributed by atoms with van der Waals surface area (Å²) in [6.07, 6.45) is 5.46. The molecule has 1 amide bonds. The van der Waals surface area contributed by atoms with Crippen molar-refractivity contribution in [1.82, 2.24) is 5.32 Å². The summed E-state index contributed by atoms with van der Waals surface area (Å²) in [6, 6.07) is -1.03. The van der Waals surface area contributed by atoms with Crippen LogP contribution in [-0.2, 0) is 33.2 Å². The number of nitrogens with one attached hydrogen (secondary N) is 1. The fourth-order valence-corrected chi connectivity index (χ4v) is 7.32. The average Bonchev–Trinajstić information content (AvgIpc) is 3.31. The van der Waals surface area contributed by atoms with E-state index in [-0.39, 0.29) is 12.3 Å². The van der Waals surface area contributed by atoms with Crippen LogP contribution in [0.15, 0.2) is 72.9 Å². The molecule has 0 aromatic carbocycles. The van der Waals surface area contributed by atoms with Gasteiger partial charge in [0.05, 0.1) is 38.6 Å². The molecular formula is C47H77NO18. The molecular weight excluding hydrogens is 867 g/mol. The molecule has 0 spiro atoms. The van der Waals surface area contributed by atoms with Gasteiger partial charge < -0.3 is 89.9 Å². The van der Waals surface area contributed by atoms with Gasteiger partial charge in [0.15, 0.2) is 18.9 Å². The van der Waals surface area contributed by atoms with Gasteiger partial charge in [-0.15, -0.1) is 0 Å². The number of hydrogen-bond donors (Lipinski definition) is 12. The molecule has 17 unspecified atom stereocenters. The molecule has 378 valence electrons. The maximum atomic E-state index is 13.1. The van der Waals surface area contributed by atoms with Crippen molar-refractivity contribution in [2.75, 3.05) is 26.4 Å². The molecule has 3 aliphatic rings. The van der Waals surface area contributed by atoms with E-state index in [2.05, 4.69) is 61.7 Å². The summed E-state index contributed by atoms with van der Waals surface area (Å²) in [7, 11) is 0. The van der Waals surface area contributed by atoms with Crippen molar-refractivity contribution in [3.8, 4) is 0 Å². The van der Waals surface area contributed by atoms with Crippen LogP contribution in [0.5, 0.6) is 0 Å². The minimum absolute atomic E-state index is 0.109. The minimum atomic E-state index is -1.99. The predicted molar refractivity (Wildman–Crippen MR) is 240 cm³/mol. The van der Waals surface area contributed by atoms with Crippen molar-refractivity contribution in [1.29, 1.82) is 0 Å². The second kappa shape index (κ2) is 32.1. The molecule has 17 atom stereocenters. The van der Waals surface area contributed by atoms with Crippen LogP contribution >= 0.6 is 0 Å². The molecule has 3 saturated heterocycles. The van der Waals surface area contributed by atoms with Gasteiger partial charge in [0.2, 0.25) is 5.91 Å². The maximum absolute atomic E-state index is 13.1. The van der Waals surface area contributed by atoms with E-state index >= 15 is 0 Å². The molecule has 0 aromatic rings. The van der Waals surface area contributed by atoms with Gasteiger partial charge in [-0.2, -0.15) is 0 Å². The first-order chi connectivity index (χ1) is 31.8. The van der Waals surface area contributed by atoms with Crippen LogP contribution in [0.2, 0.25) is 0 Å². The fourth-order valence-electron chi connectivity index (χ4n) is 7.32. The average molecular weight is 944 g/mol. The van der Waals surface area contributed by atoms with Gasteiger partial charge in [-0.25, -0.2) is 0 Å². The Kier molecular flexibility index (Phi) is 28.0. The molecule has 3 aliphatic heterocycles. The van der Waals surface area contributed by atoms with E-state index in [4.69, 9.17) is 28.4 Å². The largest absolute Gasteiger partial charge is 0.394 e. The lowest BCUT2D eigenvalue weighted by molar-refractivity contribution is -0.379. The molecule has 0 aromatic heterocycles. The van der Waals surface area contributed by atoms with Crippen LogP contribution in [0.1, 0.15) is 84.5 Å². The lowest BCUT2D eigenvalue weighted by atomic mass is 9.96. The van der Waals surface area contributed by atoms with Crippen molar-refractivity contribution in [3.05, 3.63) is 72.9 Å². The number of ether oxygens (including phenoxy) is 6. The first-order valence-electron chi connectivity index (χ1n) is 23.2. The quantitative estimate of drug-likeness (QED) is 0.0346. The molecule has 3 heterocycles. The highest BCUT2D eigenvalue weighted by Gasteiger charge is 2.53. The van der Waals surface area contributed by atoms with Crippen LogP contribution in [0.4, 0.5) is 0 Å². The SMILES string of the molecule is CC/C=C\C/C=C\C/C=C\C/C=C\CCC(=O)NC(COC1OC(CO)C(OC2OC(CO)C(OC3OC(CO)C(O)C(O)C3O)C(O)C2O)C(O)C1O)C(O)/C=C/CC/C=C/CCCC. The zero-order valence-electron chi connectivity index (χ0n) is 38.1. The zero-order chi connectivity index (χ0) is 48.4. The molecule has 19 heteroatoms. The molecule has 66 heavy (non-hydrogen) atoms. The van der Waals surface area contributed by atoms with Gasteiger partial charge >= 0.3 is 0 Å². The second-order valence-corrected chi connectivity index (χ2v) is 16.5. The zero-order valence-corrected chi connectivity index (χ0v) is 38.1. The lowest BCUT2D eigenvalue weighted by Gasteiger charge is -2.48. The third-order valence-corrected chi connectivity index (χ3v) is 11.3.